The van der Waals surface area contributed by atoms with Gasteiger partial charge in [-0.25, -0.2) is 14.8 Å². The molecule has 2 amide bonds. The van der Waals surface area contributed by atoms with Crippen molar-refractivity contribution >= 4 is 17.7 Å². The number of benzene rings is 1. The molecule has 2 N–H and O–H groups in total. The van der Waals surface area contributed by atoms with E-state index in [4.69, 9.17) is 0 Å². The molecule has 2 aromatic rings. The van der Waals surface area contributed by atoms with Crippen molar-refractivity contribution in [2.24, 2.45) is 0 Å². The molecular weight excluding hydrogens is 326 g/mol. The zero-order valence-electron chi connectivity index (χ0n) is 15.8. The third-order valence-electron chi connectivity index (χ3n) is 4.73. The van der Waals surface area contributed by atoms with Gasteiger partial charge in [0, 0.05) is 24.5 Å². The first kappa shape index (κ1) is 18.2. The van der Waals surface area contributed by atoms with Crippen molar-refractivity contribution in [3.63, 3.8) is 0 Å². The fraction of sp³-hybridized carbons (Fsp3) is 0.450. The molecule has 2 heterocycles. The molecule has 6 heteroatoms. The highest BCUT2D eigenvalue weighted by Crippen LogP contribution is 2.17. The SMILES string of the molecule is Cc1cc(CNC(=O)Nc2ccc(C)c(C)c2)nc(N2CCCCC2)n1. The molecule has 26 heavy (non-hydrogen) atoms. The lowest BCUT2D eigenvalue weighted by Crippen LogP contribution is -2.32. The van der Waals surface area contributed by atoms with Crippen molar-refractivity contribution in [1.29, 1.82) is 0 Å². The summed E-state index contributed by atoms with van der Waals surface area (Å²) in [5, 5.41) is 5.75. The van der Waals surface area contributed by atoms with E-state index in [2.05, 4.69) is 32.4 Å². The highest BCUT2D eigenvalue weighted by atomic mass is 16.2. The van der Waals surface area contributed by atoms with E-state index in [1.165, 1.54) is 24.8 Å². The van der Waals surface area contributed by atoms with Gasteiger partial charge in [0.1, 0.15) is 0 Å². The number of hydrogen-bond donors (Lipinski definition) is 2. The maximum absolute atomic E-state index is 12.2. The van der Waals surface area contributed by atoms with Crippen molar-refractivity contribution in [2.45, 2.75) is 46.6 Å². The largest absolute Gasteiger partial charge is 0.341 e. The quantitative estimate of drug-likeness (QED) is 0.879. The molecule has 1 fully saturated rings. The van der Waals surface area contributed by atoms with E-state index in [9.17, 15) is 4.79 Å². The molecule has 1 aliphatic rings. The third-order valence-corrected chi connectivity index (χ3v) is 4.73. The maximum atomic E-state index is 12.2. The van der Waals surface area contributed by atoms with E-state index in [0.717, 1.165) is 41.7 Å². The number of rotatable bonds is 4. The van der Waals surface area contributed by atoms with Crippen LogP contribution in [0.1, 0.15) is 41.8 Å². The Balaban J connectivity index is 1.60. The lowest BCUT2D eigenvalue weighted by molar-refractivity contribution is 0.251. The maximum Gasteiger partial charge on any atom is 0.319 e. The summed E-state index contributed by atoms with van der Waals surface area (Å²) in [5.74, 6) is 0.774. The van der Waals surface area contributed by atoms with E-state index in [-0.39, 0.29) is 6.03 Å². The fourth-order valence-electron chi connectivity index (χ4n) is 3.11. The second-order valence-electron chi connectivity index (χ2n) is 6.96. The van der Waals surface area contributed by atoms with E-state index in [1.807, 2.05) is 38.1 Å². The molecule has 0 radical (unpaired) electrons. The summed E-state index contributed by atoms with van der Waals surface area (Å²) >= 11 is 0. The Morgan fingerprint density at radius 3 is 2.54 bits per heavy atom. The van der Waals surface area contributed by atoms with E-state index >= 15 is 0 Å². The molecule has 0 saturated carbocycles. The van der Waals surface area contributed by atoms with Crippen LogP contribution in [0.25, 0.3) is 0 Å². The zero-order chi connectivity index (χ0) is 18.5. The molecule has 1 aromatic heterocycles. The zero-order valence-corrected chi connectivity index (χ0v) is 15.8. The van der Waals surface area contributed by atoms with Gasteiger partial charge >= 0.3 is 6.03 Å². The van der Waals surface area contributed by atoms with Crippen LogP contribution in [0.4, 0.5) is 16.4 Å². The normalized spacial score (nSPS) is 14.2. The van der Waals surface area contributed by atoms with Crippen LogP contribution in [0, 0.1) is 20.8 Å². The number of anilines is 2. The number of aromatic nitrogens is 2. The van der Waals surface area contributed by atoms with E-state index in [1.54, 1.807) is 0 Å². The summed E-state index contributed by atoms with van der Waals surface area (Å²) in [4.78, 5) is 23.6. The smallest absolute Gasteiger partial charge is 0.319 e. The van der Waals surface area contributed by atoms with Gasteiger partial charge in [0.15, 0.2) is 0 Å². The highest BCUT2D eigenvalue weighted by molar-refractivity contribution is 5.89. The average Bonchev–Trinajstić information content (AvgIpc) is 2.63. The van der Waals surface area contributed by atoms with Crippen LogP contribution in [0.3, 0.4) is 0 Å². The lowest BCUT2D eigenvalue weighted by Gasteiger charge is -2.27. The first-order valence-electron chi connectivity index (χ1n) is 9.23. The van der Waals surface area contributed by atoms with Gasteiger partial charge < -0.3 is 15.5 Å². The molecule has 6 nitrogen and oxygen atoms in total. The Bertz CT molecular complexity index is 784. The fourth-order valence-corrected chi connectivity index (χ4v) is 3.11. The number of urea groups is 1. The van der Waals surface area contributed by atoms with Crippen LogP contribution in [0.5, 0.6) is 0 Å². The Kier molecular flexibility index (Phi) is 5.71. The highest BCUT2D eigenvalue weighted by Gasteiger charge is 2.15. The number of nitrogens with zero attached hydrogens (tertiary/aromatic N) is 3. The molecular formula is C20H27N5O. The summed E-state index contributed by atoms with van der Waals surface area (Å²) in [6.07, 6.45) is 3.64. The third kappa shape index (κ3) is 4.71. The van der Waals surface area contributed by atoms with E-state index in [0.29, 0.717) is 6.54 Å². The number of aryl methyl sites for hydroxylation is 3. The van der Waals surface area contributed by atoms with Crippen molar-refractivity contribution in [3.05, 3.63) is 46.8 Å². The van der Waals surface area contributed by atoms with E-state index < -0.39 is 0 Å². The first-order chi connectivity index (χ1) is 12.5. The van der Waals surface area contributed by atoms with Crippen LogP contribution in [0.2, 0.25) is 0 Å². The number of hydrogen-bond acceptors (Lipinski definition) is 4. The van der Waals surface area contributed by atoms with Crippen molar-refractivity contribution in [3.8, 4) is 0 Å². The number of carbonyl (C=O) groups excluding carboxylic acids is 1. The molecule has 1 saturated heterocycles. The van der Waals surface area contributed by atoms with Gasteiger partial charge in [-0.05, 0) is 69.4 Å². The van der Waals surface area contributed by atoms with Crippen LogP contribution >= 0.6 is 0 Å². The van der Waals surface area contributed by atoms with Gasteiger partial charge in [-0.1, -0.05) is 6.07 Å². The summed E-state index contributed by atoms with van der Waals surface area (Å²) in [6, 6.07) is 7.57. The first-order valence-corrected chi connectivity index (χ1v) is 9.23. The van der Waals surface area contributed by atoms with Crippen LogP contribution < -0.4 is 15.5 Å². The molecule has 0 bridgehead atoms. The number of nitrogens with one attached hydrogen (secondary N) is 2. The molecule has 1 aromatic carbocycles. The van der Waals surface area contributed by atoms with Gasteiger partial charge in [-0.2, -0.15) is 0 Å². The monoisotopic (exact) mass is 353 g/mol. The summed E-state index contributed by atoms with van der Waals surface area (Å²) in [7, 11) is 0. The summed E-state index contributed by atoms with van der Waals surface area (Å²) < 4.78 is 0. The van der Waals surface area contributed by atoms with Gasteiger partial charge in [-0.15, -0.1) is 0 Å². The minimum absolute atomic E-state index is 0.232. The minimum Gasteiger partial charge on any atom is -0.341 e. The number of piperidine rings is 1. The lowest BCUT2D eigenvalue weighted by atomic mass is 10.1. The number of amides is 2. The van der Waals surface area contributed by atoms with Crippen molar-refractivity contribution < 1.29 is 4.79 Å². The topological polar surface area (TPSA) is 70.2 Å². The summed E-state index contributed by atoms with van der Waals surface area (Å²) in [5.41, 5.74) is 4.90. The van der Waals surface area contributed by atoms with Crippen LogP contribution in [0.15, 0.2) is 24.3 Å². The van der Waals surface area contributed by atoms with Crippen molar-refractivity contribution in [2.75, 3.05) is 23.3 Å². The molecule has 0 atom stereocenters. The molecule has 138 valence electrons. The number of carbonyl (C=O) groups is 1. The predicted molar refractivity (Wildman–Crippen MR) is 105 cm³/mol. The average molecular weight is 353 g/mol. The Labute approximate surface area is 155 Å². The molecule has 3 rings (SSSR count). The minimum atomic E-state index is -0.232. The van der Waals surface area contributed by atoms with Gasteiger partial charge in [0.05, 0.1) is 12.2 Å². The van der Waals surface area contributed by atoms with Crippen molar-refractivity contribution in [1.82, 2.24) is 15.3 Å². The second kappa shape index (κ2) is 8.17. The van der Waals surface area contributed by atoms with Crippen LogP contribution in [-0.2, 0) is 6.54 Å². The van der Waals surface area contributed by atoms with Crippen LogP contribution in [-0.4, -0.2) is 29.1 Å². The second-order valence-corrected chi connectivity index (χ2v) is 6.96. The summed E-state index contributed by atoms with van der Waals surface area (Å²) in [6.45, 7) is 8.43. The molecule has 0 aliphatic carbocycles. The molecule has 1 aliphatic heterocycles. The molecule has 0 unspecified atom stereocenters. The van der Waals surface area contributed by atoms with Gasteiger partial charge in [0.2, 0.25) is 5.95 Å². The Morgan fingerprint density at radius 2 is 1.81 bits per heavy atom. The predicted octanol–water partition coefficient (Wildman–Crippen LogP) is 3.71. The Morgan fingerprint density at radius 1 is 1.04 bits per heavy atom. The van der Waals surface area contributed by atoms with Gasteiger partial charge in [0.25, 0.3) is 0 Å². The standard InChI is InChI=1S/C20H27N5O/c1-14-7-8-17(11-15(14)2)24-20(26)21-13-18-12-16(3)22-19(23-18)25-9-5-4-6-10-25/h7-8,11-12H,4-6,9-10,13H2,1-3H3,(H2,21,24,26). The molecule has 0 spiro atoms. The Hall–Kier alpha value is -2.63. The van der Waals surface area contributed by atoms with Gasteiger partial charge in [-0.3, -0.25) is 0 Å².